The van der Waals surface area contributed by atoms with Crippen molar-refractivity contribution in [2.45, 2.75) is 32.5 Å². The molecule has 0 saturated heterocycles. The topological polar surface area (TPSA) is 12.0 Å². The third-order valence-electron chi connectivity index (χ3n) is 0.866. The zero-order chi connectivity index (χ0) is 7.70. The van der Waals surface area contributed by atoms with Crippen LogP contribution >= 0.6 is 0 Å². The quantitative estimate of drug-likeness (QED) is 0.586. The van der Waals surface area contributed by atoms with Gasteiger partial charge in [0.05, 0.1) is 0 Å². The minimum absolute atomic E-state index is 0.171. The molecule has 9 heavy (non-hydrogen) atoms. The third kappa shape index (κ3) is 30.9. The smallest absolute Gasteiger partial charge is 0.0305 e. The van der Waals surface area contributed by atoms with Gasteiger partial charge in [0, 0.05) is 8.80 Å². The van der Waals surface area contributed by atoms with Crippen molar-refractivity contribution in [1.29, 1.82) is 0 Å². The lowest BCUT2D eigenvalue weighted by Crippen LogP contribution is -1.95. The van der Waals surface area contributed by atoms with E-state index in [1.165, 1.54) is 12.5 Å². The Labute approximate surface area is 61.5 Å². The van der Waals surface area contributed by atoms with Crippen LogP contribution in [0.4, 0.5) is 0 Å². The van der Waals surface area contributed by atoms with Crippen molar-refractivity contribution in [2.75, 3.05) is 14.1 Å². The molecule has 0 spiro atoms. The van der Waals surface area contributed by atoms with E-state index in [0.29, 0.717) is 0 Å². The van der Waals surface area contributed by atoms with Gasteiger partial charge in [-0.2, -0.15) is 0 Å². The van der Waals surface area contributed by atoms with Crippen molar-refractivity contribution in [3.05, 3.63) is 0 Å². The van der Waals surface area contributed by atoms with E-state index in [4.69, 9.17) is 0 Å². The van der Waals surface area contributed by atoms with Crippen molar-refractivity contribution in [1.82, 2.24) is 5.32 Å². The van der Waals surface area contributed by atoms with Crippen molar-refractivity contribution in [2.24, 2.45) is 0 Å². The molecule has 1 nitrogen and oxygen atoms in total. The molecule has 0 amide bonds. The third-order valence-corrected chi connectivity index (χ3v) is 2.60. The summed E-state index contributed by atoms with van der Waals surface area (Å²) in [7, 11) is 3.58. The molecular formula is C7H21NSi. The van der Waals surface area contributed by atoms with Crippen LogP contribution in [0.15, 0.2) is 0 Å². The molecule has 0 aromatic heterocycles. The zero-order valence-electron chi connectivity index (χ0n) is 7.49. The number of hydrogen-bond acceptors (Lipinski definition) is 1. The molecule has 0 aliphatic carbocycles. The maximum atomic E-state index is 2.75. The lowest BCUT2D eigenvalue weighted by Gasteiger charge is -1.93. The highest BCUT2D eigenvalue weighted by molar-refractivity contribution is 6.55. The van der Waals surface area contributed by atoms with Crippen LogP contribution in [0, 0.1) is 0 Å². The van der Waals surface area contributed by atoms with Gasteiger partial charge in [0.15, 0.2) is 0 Å². The number of hydrogen-bond donors (Lipinski definition) is 1. The largest absolute Gasteiger partial charge is 0.323 e. The second kappa shape index (κ2) is 11.0. The Balaban J connectivity index is 0. The van der Waals surface area contributed by atoms with Gasteiger partial charge >= 0.3 is 0 Å². The molecule has 0 aromatic rings. The average molecular weight is 147 g/mol. The molecule has 2 heteroatoms. The molecule has 0 aliphatic heterocycles. The SMILES string of the molecule is CCC[SiH](C)C.CNC. The van der Waals surface area contributed by atoms with Crippen LogP contribution in [0.2, 0.25) is 19.1 Å². The summed E-state index contributed by atoms with van der Waals surface area (Å²) in [6, 6.07) is 1.51. The second-order valence-corrected chi connectivity index (χ2v) is 6.05. The van der Waals surface area contributed by atoms with Gasteiger partial charge in [-0.3, -0.25) is 0 Å². The molecule has 0 atom stereocenters. The predicted octanol–water partition coefficient (Wildman–Crippen LogP) is 1.72. The summed E-state index contributed by atoms with van der Waals surface area (Å²) in [6.07, 6.45) is 1.39. The summed E-state index contributed by atoms with van der Waals surface area (Å²) in [4.78, 5) is 0. The Morgan fingerprint density at radius 1 is 1.22 bits per heavy atom. The summed E-state index contributed by atoms with van der Waals surface area (Å²) in [5.41, 5.74) is 0. The molecule has 0 bridgehead atoms. The molecular weight excluding hydrogens is 126 g/mol. The van der Waals surface area contributed by atoms with Crippen molar-refractivity contribution in [3.63, 3.8) is 0 Å². The van der Waals surface area contributed by atoms with Crippen LogP contribution < -0.4 is 5.32 Å². The van der Waals surface area contributed by atoms with Crippen LogP contribution in [0.3, 0.4) is 0 Å². The van der Waals surface area contributed by atoms with E-state index in [-0.39, 0.29) is 8.80 Å². The van der Waals surface area contributed by atoms with Crippen LogP contribution in [0.25, 0.3) is 0 Å². The maximum Gasteiger partial charge on any atom is 0.0305 e. The summed E-state index contributed by atoms with van der Waals surface area (Å²) < 4.78 is 0. The van der Waals surface area contributed by atoms with Gasteiger partial charge in [-0.15, -0.1) is 0 Å². The number of nitrogens with one attached hydrogen (secondary N) is 1. The minimum Gasteiger partial charge on any atom is -0.323 e. The first-order valence-electron chi connectivity index (χ1n) is 3.77. The van der Waals surface area contributed by atoms with E-state index in [1.54, 1.807) is 0 Å². The Morgan fingerprint density at radius 2 is 1.56 bits per heavy atom. The Morgan fingerprint density at radius 3 is 1.56 bits per heavy atom. The average Bonchev–Trinajstić information content (AvgIpc) is 1.67. The summed E-state index contributed by atoms with van der Waals surface area (Å²) in [5, 5.41) is 2.75. The zero-order valence-corrected chi connectivity index (χ0v) is 8.65. The van der Waals surface area contributed by atoms with E-state index in [0.717, 1.165) is 0 Å². The van der Waals surface area contributed by atoms with Crippen LogP contribution in [0.1, 0.15) is 13.3 Å². The second-order valence-electron chi connectivity index (χ2n) is 2.68. The predicted molar refractivity (Wildman–Crippen MR) is 49.0 cm³/mol. The molecule has 0 aliphatic rings. The monoisotopic (exact) mass is 147 g/mol. The highest BCUT2D eigenvalue weighted by Gasteiger charge is 1.88. The first kappa shape index (κ1) is 11.9. The molecule has 58 valence electrons. The van der Waals surface area contributed by atoms with Crippen LogP contribution in [-0.2, 0) is 0 Å². The standard InChI is InChI=1S/C5H14Si.C2H7N/c1-4-5-6(2)3;1-3-2/h6H,4-5H2,1-3H3;3H,1-2H3. The van der Waals surface area contributed by atoms with E-state index >= 15 is 0 Å². The first-order chi connectivity index (χ1) is 4.18. The van der Waals surface area contributed by atoms with Crippen molar-refractivity contribution >= 4 is 8.80 Å². The molecule has 0 fully saturated rings. The van der Waals surface area contributed by atoms with Gasteiger partial charge in [0.25, 0.3) is 0 Å². The Hall–Kier alpha value is 0.177. The van der Waals surface area contributed by atoms with E-state index in [1.807, 2.05) is 14.1 Å². The van der Waals surface area contributed by atoms with Gasteiger partial charge in [-0.05, 0) is 14.1 Å². The van der Waals surface area contributed by atoms with Crippen LogP contribution in [-0.4, -0.2) is 22.9 Å². The molecule has 0 aromatic carbocycles. The summed E-state index contributed by atoms with van der Waals surface area (Å²) in [6.45, 7) is 7.04. The minimum atomic E-state index is -0.171. The van der Waals surface area contributed by atoms with E-state index in [9.17, 15) is 0 Å². The maximum absolute atomic E-state index is 2.75. The Bertz CT molecular complexity index is 37.9. The number of rotatable bonds is 2. The fourth-order valence-corrected chi connectivity index (χ4v) is 1.73. The van der Waals surface area contributed by atoms with Gasteiger partial charge in [-0.1, -0.05) is 32.5 Å². The van der Waals surface area contributed by atoms with Gasteiger partial charge in [-0.25, -0.2) is 0 Å². The summed E-state index contributed by atoms with van der Waals surface area (Å²) >= 11 is 0. The molecule has 0 radical (unpaired) electrons. The first-order valence-corrected chi connectivity index (χ1v) is 6.90. The summed E-state index contributed by atoms with van der Waals surface area (Å²) in [5.74, 6) is 0. The van der Waals surface area contributed by atoms with Crippen molar-refractivity contribution < 1.29 is 0 Å². The van der Waals surface area contributed by atoms with Crippen LogP contribution in [0.5, 0.6) is 0 Å². The normalized spacial score (nSPS) is 8.67. The molecule has 1 N–H and O–H groups in total. The molecule has 0 heterocycles. The Kier molecular flexibility index (Phi) is 14.6. The fourth-order valence-electron chi connectivity index (χ4n) is 0.577. The van der Waals surface area contributed by atoms with E-state index in [2.05, 4.69) is 25.3 Å². The lowest BCUT2D eigenvalue weighted by molar-refractivity contribution is 1.02. The lowest BCUT2D eigenvalue weighted by atomic mass is 10.6. The fraction of sp³-hybridized carbons (Fsp3) is 1.00. The molecule has 0 rings (SSSR count). The van der Waals surface area contributed by atoms with Gasteiger partial charge in [0.1, 0.15) is 0 Å². The molecule has 0 saturated carbocycles. The van der Waals surface area contributed by atoms with E-state index < -0.39 is 0 Å². The highest BCUT2D eigenvalue weighted by Crippen LogP contribution is 1.92. The van der Waals surface area contributed by atoms with Gasteiger partial charge < -0.3 is 5.32 Å². The van der Waals surface area contributed by atoms with Crippen molar-refractivity contribution in [3.8, 4) is 0 Å². The highest BCUT2D eigenvalue weighted by atomic mass is 28.3. The van der Waals surface area contributed by atoms with Gasteiger partial charge in [0.2, 0.25) is 0 Å². The molecule has 0 unspecified atom stereocenters.